The van der Waals surface area contributed by atoms with E-state index >= 15 is 0 Å². The van der Waals surface area contributed by atoms with Gasteiger partial charge in [-0.15, -0.1) is 0 Å². The molecule has 0 aromatic rings. The van der Waals surface area contributed by atoms with E-state index < -0.39 is 17.6 Å². The number of amides is 1. The number of aliphatic carboxylic acids is 1. The lowest BCUT2D eigenvalue weighted by Gasteiger charge is -2.44. The molecule has 1 amide bonds. The van der Waals surface area contributed by atoms with Gasteiger partial charge >= 0.3 is 5.97 Å². The maximum atomic E-state index is 12.3. The highest BCUT2D eigenvalue weighted by Gasteiger charge is 2.46. The molecule has 2 aliphatic rings. The number of carbonyl (C=O) groups excluding carboxylic acids is 1. The van der Waals surface area contributed by atoms with Crippen LogP contribution in [0.3, 0.4) is 0 Å². The summed E-state index contributed by atoms with van der Waals surface area (Å²) >= 11 is 0. The molecule has 1 saturated carbocycles. The molecule has 0 aromatic carbocycles. The van der Waals surface area contributed by atoms with E-state index in [1.165, 1.54) is 4.90 Å². The van der Waals surface area contributed by atoms with Gasteiger partial charge in [0.2, 0.25) is 5.91 Å². The van der Waals surface area contributed by atoms with Crippen LogP contribution in [0.4, 0.5) is 0 Å². The molecule has 5 nitrogen and oxygen atoms in total. The molecule has 17 heavy (non-hydrogen) atoms. The fourth-order valence-electron chi connectivity index (χ4n) is 2.68. The van der Waals surface area contributed by atoms with Crippen molar-refractivity contribution in [1.82, 2.24) is 4.90 Å². The highest BCUT2D eigenvalue weighted by molar-refractivity contribution is 5.91. The lowest BCUT2D eigenvalue weighted by Crippen LogP contribution is -2.63. The van der Waals surface area contributed by atoms with Crippen molar-refractivity contribution in [3.8, 4) is 0 Å². The standard InChI is InChI=1S/C12H20N2O3/c1-8-3-6-14(9(7-8)10(15)16)11(17)12(13)4-2-5-12/h8-9H,2-7,13H2,1H3,(H,15,16). The zero-order chi connectivity index (χ0) is 12.6. The highest BCUT2D eigenvalue weighted by atomic mass is 16.4. The Morgan fingerprint density at radius 3 is 2.53 bits per heavy atom. The van der Waals surface area contributed by atoms with Gasteiger partial charge in [0.05, 0.1) is 5.54 Å². The predicted octanol–water partition coefficient (Wildman–Crippen LogP) is 0.579. The van der Waals surface area contributed by atoms with Crippen LogP contribution in [0.1, 0.15) is 39.0 Å². The number of carbonyl (C=O) groups is 2. The number of likely N-dealkylation sites (tertiary alicyclic amines) is 1. The van der Waals surface area contributed by atoms with Crippen molar-refractivity contribution in [2.24, 2.45) is 11.7 Å². The summed E-state index contributed by atoms with van der Waals surface area (Å²) in [6, 6.07) is -0.688. The molecule has 96 valence electrons. The zero-order valence-electron chi connectivity index (χ0n) is 10.2. The van der Waals surface area contributed by atoms with Crippen molar-refractivity contribution in [1.29, 1.82) is 0 Å². The Kier molecular flexibility index (Phi) is 3.12. The first kappa shape index (κ1) is 12.4. The van der Waals surface area contributed by atoms with Crippen LogP contribution in [-0.4, -0.2) is 40.0 Å². The summed E-state index contributed by atoms with van der Waals surface area (Å²) in [5.74, 6) is -0.717. The van der Waals surface area contributed by atoms with Crippen molar-refractivity contribution < 1.29 is 14.7 Å². The van der Waals surface area contributed by atoms with Crippen LogP contribution in [-0.2, 0) is 9.59 Å². The summed E-state index contributed by atoms with van der Waals surface area (Å²) in [4.78, 5) is 25.0. The maximum Gasteiger partial charge on any atom is 0.326 e. The van der Waals surface area contributed by atoms with Gasteiger partial charge < -0.3 is 15.7 Å². The van der Waals surface area contributed by atoms with E-state index in [1.54, 1.807) is 0 Å². The minimum absolute atomic E-state index is 0.164. The van der Waals surface area contributed by atoms with Gasteiger partial charge in [-0.2, -0.15) is 0 Å². The Labute approximate surface area is 101 Å². The second-order valence-electron chi connectivity index (χ2n) is 5.49. The van der Waals surface area contributed by atoms with Gasteiger partial charge in [-0.25, -0.2) is 4.79 Å². The first-order valence-electron chi connectivity index (χ1n) is 6.27. The van der Waals surface area contributed by atoms with Crippen LogP contribution >= 0.6 is 0 Å². The number of hydrogen-bond donors (Lipinski definition) is 2. The molecule has 1 heterocycles. The van der Waals surface area contributed by atoms with Crippen LogP contribution in [0.15, 0.2) is 0 Å². The van der Waals surface area contributed by atoms with Crippen molar-refractivity contribution >= 4 is 11.9 Å². The summed E-state index contributed by atoms with van der Waals surface area (Å²) in [7, 11) is 0. The van der Waals surface area contributed by atoms with Crippen molar-refractivity contribution in [2.45, 2.75) is 50.6 Å². The van der Waals surface area contributed by atoms with E-state index in [2.05, 4.69) is 0 Å². The second-order valence-corrected chi connectivity index (χ2v) is 5.49. The molecular weight excluding hydrogens is 220 g/mol. The lowest BCUT2D eigenvalue weighted by atomic mass is 9.75. The number of hydrogen-bond acceptors (Lipinski definition) is 3. The molecule has 0 bridgehead atoms. The van der Waals surface area contributed by atoms with Gasteiger partial charge in [0, 0.05) is 6.54 Å². The first-order chi connectivity index (χ1) is 7.94. The number of carboxylic acids is 1. The zero-order valence-corrected chi connectivity index (χ0v) is 10.2. The Bertz CT molecular complexity index is 339. The monoisotopic (exact) mass is 240 g/mol. The molecule has 1 aliphatic heterocycles. The molecule has 5 heteroatoms. The average molecular weight is 240 g/mol. The minimum Gasteiger partial charge on any atom is -0.480 e. The van der Waals surface area contributed by atoms with Gasteiger partial charge in [-0.3, -0.25) is 4.79 Å². The summed E-state index contributed by atoms with van der Waals surface area (Å²) in [5, 5.41) is 9.20. The summed E-state index contributed by atoms with van der Waals surface area (Å²) in [6.45, 7) is 2.55. The van der Waals surface area contributed by atoms with E-state index in [1.807, 2.05) is 6.92 Å². The third kappa shape index (κ3) is 2.16. The molecule has 2 unspecified atom stereocenters. The van der Waals surface area contributed by atoms with Crippen LogP contribution in [0.25, 0.3) is 0 Å². The Morgan fingerprint density at radius 1 is 1.41 bits per heavy atom. The fraction of sp³-hybridized carbons (Fsp3) is 0.833. The molecule has 3 N–H and O–H groups in total. The lowest BCUT2D eigenvalue weighted by molar-refractivity contribution is -0.157. The quantitative estimate of drug-likeness (QED) is 0.739. The molecule has 0 aromatic heterocycles. The SMILES string of the molecule is CC1CCN(C(=O)C2(N)CCC2)C(C(=O)O)C1. The summed E-state index contributed by atoms with van der Waals surface area (Å²) in [6.07, 6.45) is 3.74. The van der Waals surface area contributed by atoms with Crippen molar-refractivity contribution in [3.63, 3.8) is 0 Å². The van der Waals surface area contributed by atoms with Gasteiger partial charge in [-0.1, -0.05) is 6.92 Å². The predicted molar refractivity (Wildman–Crippen MR) is 62.3 cm³/mol. The van der Waals surface area contributed by atoms with Crippen molar-refractivity contribution in [2.75, 3.05) is 6.54 Å². The largest absolute Gasteiger partial charge is 0.480 e. The van der Waals surface area contributed by atoms with E-state index in [0.717, 1.165) is 12.8 Å². The normalized spacial score (nSPS) is 31.8. The van der Waals surface area contributed by atoms with Gasteiger partial charge in [0.1, 0.15) is 6.04 Å². The van der Waals surface area contributed by atoms with Crippen LogP contribution < -0.4 is 5.73 Å². The van der Waals surface area contributed by atoms with E-state index in [0.29, 0.717) is 31.7 Å². The number of piperidine rings is 1. The highest BCUT2D eigenvalue weighted by Crippen LogP contribution is 2.33. The van der Waals surface area contributed by atoms with E-state index in [9.17, 15) is 14.7 Å². The van der Waals surface area contributed by atoms with E-state index in [-0.39, 0.29) is 5.91 Å². The Morgan fingerprint density at radius 2 is 2.06 bits per heavy atom. The third-order valence-corrected chi connectivity index (χ3v) is 4.08. The van der Waals surface area contributed by atoms with Crippen LogP contribution in [0, 0.1) is 5.92 Å². The van der Waals surface area contributed by atoms with E-state index in [4.69, 9.17) is 5.73 Å². The molecule has 0 radical (unpaired) electrons. The number of carboxylic acid groups (broad SMARTS) is 1. The number of rotatable bonds is 2. The van der Waals surface area contributed by atoms with Crippen molar-refractivity contribution in [3.05, 3.63) is 0 Å². The first-order valence-corrected chi connectivity index (χ1v) is 6.27. The Balaban J connectivity index is 2.12. The molecule has 1 saturated heterocycles. The molecule has 0 spiro atoms. The molecule has 2 rings (SSSR count). The smallest absolute Gasteiger partial charge is 0.326 e. The fourth-order valence-corrected chi connectivity index (χ4v) is 2.68. The molecule has 1 aliphatic carbocycles. The maximum absolute atomic E-state index is 12.3. The third-order valence-electron chi connectivity index (χ3n) is 4.08. The van der Waals surface area contributed by atoms with Gasteiger partial charge in [0.15, 0.2) is 0 Å². The van der Waals surface area contributed by atoms with Crippen LogP contribution in [0.5, 0.6) is 0 Å². The molecular formula is C12H20N2O3. The molecule has 2 fully saturated rings. The number of nitrogens with zero attached hydrogens (tertiary/aromatic N) is 1. The topological polar surface area (TPSA) is 83.6 Å². The van der Waals surface area contributed by atoms with Crippen LogP contribution in [0.2, 0.25) is 0 Å². The molecule has 2 atom stereocenters. The summed E-state index contributed by atoms with van der Waals surface area (Å²) in [5.41, 5.74) is 5.21. The Hall–Kier alpha value is -1.10. The summed E-state index contributed by atoms with van der Waals surface area (Å²) < 4.78 is 0. The van der Waals surface area contributed by atoms with Gasteiger partial charge in [-0.05, 0) is 38.0 Å². The van der Waals surface area contributed by atoms with Gasteiger partial charge in [0.25, 0.3) is 0 Å². The minimum atomic E-state index is -0.909. The average Bonchev–Trinajstić information content (AvgIpc) is 2.24. The number of nitrogens with two attached hydrogens (primary N) is 1. The second kappa shape index (κ2) is 4.29.